The van der Waals surface area contributed by atoms with Crippen molar-refractivity contribution in [1.82, 2.24) is 0 Å². The molecule has 6 heteroatoms. The van der Waals surface area contributed by atoms with Gasteiger partial charge in [-0.3, -0.25) is 0 Å². The summed E-state index contributed by atoms with van der Waals surface area (Å²) in [6, 6.07) is 0. The Kier molecular flexibility index (Phi) is 9.02. The summed E-state index contributed by atoms with van der Waals surface area (Å²) < 4.78 is 9.63. The fourth-order valence-corrected chi connectivity index (χ4v) is 0.819. The van der Waals surface area contributed by atoms with Gasteiger partial charge in [0.1, 0.15) is 11.2 Å². The van der Waals surface area contributed by atoms with Crippen LogP contribution in [0.2, 0.25) is 0 Å². The van der Waals surface area contributed by atoms with Crippen molar-refractivity contribution >= 4 is 17.9 Å². The molecule has 1 N–H and O–H groups in total. The van der Waals surface area contributed by atoms with Gasteiger partial charge >= 0.3 is 17.9 Å². The van der Waals surface area contributed by atoms with E-state index in [4.69, 9.17) is 14.6 Å². The van der Waals surface area contributed by atoms with E-state index >= 15 is 0 Å². The Labute approximate surface area is 125 Å². The molecule has 0 unspecified atom stereocenters. The third kappa shape index (κ3) is 20.4. The summed E-state index contributed by atoms with van der Waals surface area (Å²) in [4.78, 5) is 31.3. The molecule has 0 radical (unpaired) electrons. The standard InChI is InChI=1S/C8H12O4.C7H12O2/c1-8(2,3)12-7(11)5-4-6(9)10;1-5-6(8)9-7(2,3)4/h4-5H,1-3H3,(H,9,10);5H,1H2,2-4H3. The van der Waals surface area contributed by atoms with Crippen molar-refractivity contribution in [3.63, 3.8) is 0 Å². The molecule has 0 saturated carbocycles. The highest BCUT2D eigenvalue weighted by Gasteiger charge is 2.14. The minimum Gasteiger partial charge on any atom is -0.478 e. The molecule has 120 valence electrons. The quantitative estimate of drug-likeness (QED) is 0.636. The summed E-state index contributed by atoms with van der Waals surface area (Å²) in [6.07, 6.45) is 2.78. The highest BCUT2D eigenvalue weighted by atomic mass is 16.6. The molecule has 6 nitrogen and oxygen atoms in total. The first kappa shape index (κ1) is 21.2. The minimum atomic E-state index is -1.17. The van der Waals surface area contributed by atoms with Gasteiger partial charge in [0.05, 0.1) is 0 Å². The molecule has 0 aliphatic rings. The van der Waals surface area contributed by atoms with Crippen LogP contribution in [-0.2, 0) is 23.9 Å². The van der Waals surface area contributed by atoms with Crippen LogP contribution in [0.25, 0.3) is 0 Å². The number of hydrogen-bond donors (Lipinski definition) is 1. The summed E-state index contributed by atoms with van der Waals surface area (Å²) in [5.41, 5.74) is -0.981. The number of carboxylic acids is 1. The van der Waals surface area contributed by atoms with E-state index in [1.54, 1.807) is 20.8 Å². The lowest BCUT2D eigenvalue weighted by Gasteiger charge is -2.17. The van der Waals surface area contributed by atoms with E-state index in [9.17, 15) is 14.4 Å². The Morgan fingerprint density at radius 3 is 1.48 bits per heavy atom. The van der Waals surface area contributed by atoms with Crippen LogP contribution in [-0.4, -0.2) is 34.2 Å². The zero-order chi connectivity index (χ0) is 17.3. The van der Waals surface area contributed by atoms with E-state index in [2.05, 4.69) is 6.58 Å². The smallest absolute Gasteiger partial charge is 0.331 e. The van der Waals surface area contributed by atoms with Crippen LogP contribution in [0.4, 0.5) is 0 Å². The summed E-state index contributed by atoms with van der Waals surface area (Å²) in [5.74, 6) is -2.19. The van der Waals surface area contributed by atoms with Crippen LogP contribution in [0.15, 0.2) is 24.8 Å². The Morgan fingerprint density at radius 1 is 0.857 bits per heavy atom. The zero-order valence-electron chi connectivity index (χ0n) is 13.4. The first-order valence-corrected chi connectivity index (χ1v) is 6.26. The predicted octanol–water partition coefficient (Wildman–Crippen LogP) is 2.48. The topological polar surface area (TPSA) is 89.9 Å². The number of esters is 2. The second kappa shape index (κ2) is 8.94. The van der Waals surface area contributed by atoms with Gasteiger partial charge < -0.3 is 14.6 Å². The molecule has 0 amide bonds. The molecule has 0 fully saturated rings. The normalized spacial score (nSPS) is 11.1. The maximum atomic E-state index is 10.8. The van der Waals surface area contributed by atoms with Crippen LogP contribution in [0.5, 0.6) is 0 Å². The number of carboxylic acid groups (broad SMARTS) is 1. The fourth-order valence-electron chi connectivity index (χ4n) is 0.819. The number of aliphatic carboxylic acids is 1. The molecule has 0 heterocycles. The highest BCUT2D eigenvalue weighted by Crippen LogP contribution is 2.07. The summed E-state index contributed by atoms with van der Waals surface area (Å²) in [6.45, 7) is 13.8. The van der Waals surface area contributed by atoms with E-state index in [0.29, 0.717) is 0 Å². The van der Waals surface area contributed by atoms with Gasteiger partial charge in [0, 0.05) is 18.2 Å². The number of ether oxygens (including phenoxy) is 2. The lowest BCUT2D eigenvalue weighted by molar-refractivity contribution is -0.149. The van der Waals surface area contributed by atoms with Crippen molar-refractivity contribution in [1.29, 1.82) is 0 Å². The highest BCUT2D eigenvalue weighted by molar-refractivity contribution is 5.90. The molecule has 21 heavy (non-hydrogen) atoms. The second-order valence-electron chi connectivity index (χ2n) is 5.94. The van der Waals surface area contributed by atoms with Crippen molar-refractivity contribution < 1.29 is 29.0 Å². The number of hydrogen-bond acceptors (Lipinski definition) is 5. The van der Waals surface area contributed by atoms with Gasteiger partial charge in [-0.15, -0.1) is 0 Å². The fraction of sp³-hybridized carbons (Fsp3) is 0.533. The maximum absolute atomic E-state index is 10.8. The van der Waals surface area contributed by atoms with Crippen molar-refractivity contribution in [3.05, 3.63) is 24.8 Å². The number of carbonyl (C=O) groups excluding carboxylic acids is 2. The SMILES string of the molecule is C=CC(=O)OC(C)(C)C.CC(C)(C)OC(=O)C=CC(=O)O. The van der Waals surface area contributed by atoms with E-state index in [0.717, 1.165) is 18.2 Å². The van der Waals surface area contributed by atoms with Crippen molar-refractivity contribution in [2.24, 2.45) is 0 Å². The van der Waals surface area contributed by atoms with Gasteiger partial charge in [0.2, 0.25) is 0 Å². The van der Waals surface area contributed by atoms with Crippen LogP contribution in [0.1, 0.15) is 41.5 Å². The average molecular weight is 300 g/mol. The molecular formula is C15H24O6. The number of carbonyl (C=O) groups is 3. The van der Waals surface area contributed by atoms with Crippen LogP contribution in [0.3, 0.4) is 0 Å². The molecule has 0 rings (SSSR count). The summed E-state index contributed by atoms with van der Waals surface area (Å²) >= 11 is 0. The van der Waals surface area contributed by atoms with Crippen molar-refractivity contribution in [3.8, 4) is 0 Å². The molecule has 0 aromatic rings. The Balaban J connectivity index is 0. The molecule has 0 spiro atoms. The third-order valence-electron chi connectivity index (χ3n) is 1.34. The van der Waals surface area contributed by atoms with E-state index in [1.807, 2.05) is 20.8 Å². The molecule has 0 bridgehead atoms. The first-order valence-electron chi connectivity index (χ1n) is 6.26. The molecule has 0 aliphatic carbocycles. The van der Waals surface area contributed by atoms with Crippen molar-refractivity contribution in [2.75, 3.05) is 0 Å². The largest absolute Gasteiger partial charge is 0.478 e. The average Bonchev–Trinajstić information content (AvgIpc) is 2.22. The zero-order valence-corrected chi connectivity index (χ0v) is 13.4. The molecule has 0 saturated heterocycles. The Morgan fingerprint density at radius 2 is 1.24 bits per heavy atom. The second-order valence-corrected chi connectivity index (χ2v) is 5.94. The number of rotatable bonds is 3. The van der Waals surface area contributed by atoms with Crippen LogP contribution in [0, 0.1) is 0 Å². The maximum Gasteiger partial charge on any atom is 0.331 e. The van der Waals surface area contributed by atoms with E-state index in [-0.39, 0.29) is 5.97 Å². The Bertz CT molecular complexity index is 407. The van der Waals surface area contributed by atoms with Gasteiger partial charge in [-0.2, -0.15) is 0 Å². The predicted molar refractivity (Wildman–Crippen MR) is 78.7 cm³/mol. The van der Waals surface area contributed by atoms with Crippen LogP contribution < -0.4 is 0 Å². The Hall–Kier alpha value is -2.11. The van der Waals surface area contributed by atoms with Gasteiger partial charge in [0.25, 0.3) is 0 Å². The van der Waals surface area contributed by atoms with Crippen LogP contribution >= 0.6 is 0 Å². The molecular weight excluding hydrogens is 276 g/mol. The van der Waals surface area contributed by atoms with Gasteiger partial charge in [0.15, 0.2) is 0 Å². The van der Waals surface area contributed by atoms with Gasteiger partial charge in [-0.25, -0.2) is 14.4 Å². The summed E-state index contributed by atoms with van der Waals surface area (Å²) in [5, 5.41) is 8.17. The molecule has 0 aromatic carbocycles. The van der Waals surface area contributed by atoms with E-state index in [1.165, 1.54) is 0 Å². The van der Waals surface area contributed by atoms with Crippen molar-refractivity contribution in [2.45, 2.75) is 52.7 Å². The minimum absolute atomic E-state index is 0.373. The summed E-state index contributed by atoms with van der Waals surface area (Å²) in [7, 11) is 0. The van der Waals surface area contributed by atoms with Gasteiger partial charge in [-0.1, -0.05) is 6.58 Å². The molecule has 0 aromatic heterocycles. The lowest BCUT2D eigenvalue weighted by Crippen LogP contribution is -2.22. The first-order chi connectivity index (χ1) is 9.26. The monoisotopic (exact) mass is 300 g/mol. The molecule has 0 aliphatic heterocycles. The lowest BCUT2D eigenvalue weighted by atomic mass is 10.2. The third-order valence-corrected chi connectivity index (χ3v) is 1.34. The van der Waals surface area contributed by atoms with Gasteiger partial charge in [-0.05, 0) is 41.5 Å². The van der Waals surface area contributed by atoms with E-state index < -0.39 is 23.1 Å². The molecule has 0 atom stereocenters.